The number of benzene rings is 3. The van der Waals surface area contributed by atoms with Crippen molar-refractivity contribution < 1.29 is 26.4 Å². The van der Waals surface area contributed by atoms with Gasteiger partial charge in [0.15, 0.2) is 23.7 Å². The van der Waals surface area contributed by atoms with E-state index in [1.54, 1.807) is 24.3 Å². The fourth-order valence-electron chi connectivity index (χ4n) is 3.95. The molecule has 7 nitrogen and oxygen atoms in total. The van der Waals surface area contributed by atoms with Crippen LogP contribution in [0.5, 0.6) is 0 Å². The van der Waals surface area contributed by atoms with E-state index in [0.29, 0.717) is 23.3 Å². The lowest BCUT2D eigenvalue weighted by Gasteiger charge is -2.36. The average Bonchev–Trinajstić information content (AvgIpc) is 3.27. The van der Waals surface area contributed by atoms with E-state index in [-0.39, 0.29) is 34.1 Å². The Kier molecular flexibility index (Phi) is 8.35. The topological polar surface area (TPSA) is 98.5 Å². The molecule has 0 radical (unpaired) electrons. The molecule has 212 valence electrons. The Morgan fingerprint density at radius 2 is 1.65 bits per heavy atom. The number of carbonyl (C=O) groups is 1. The largest absolute Gasteiger partial charge is 0.423 e. The van der Waals surface area contributed by atoms with Crippen LogP contribution >= 0.6 is 0 Å². The van der Waals surface area contributed by atoms with Crippen molar-refractivity contribution in [2.24, 2.45) is 0 Å². The fourth-order valence-corrected chi connectivity index (χ4v) is 5.54. The summed E-state index contributed by atoms with van der Waals surface area (Å²) >= 11 is 0. The van der Waals surface area contributed by atoms with Crippen LogP contribution in [0.25, 0.3) is 11.1 Å². The molecule has 1 N–H and O–H groups in total. The molecule has 4 aromatic rings. The van der Waals surface area contributed by atoms with Crippen molar-refractivity contribution in [2.45, 2.75) is 62.7 Å². The normalized spacial score (nSPS) is 13.4. The first-order valence-electron chi connectivity index (χ1n) is 13.0. The number of halogens is 1. The summed E-state index contributed by atoms with van der Waals surface area (Å²) in [5, 5.41) is 2.86. The maximum absolute atomic E-state index is 13.5. The first-order valence-corrected chi connectivity index (χ1v) is 17.8. The van der Waals surface area contributed by atoms with Gasteiger partial charge in [-0.15, -0.1) is 0 Å². The molecule has 3 aromatic carbocycles. The van der Waals surface area contributed by atoms with Gasteiger partial charge < -0.3 is 8.84 Å². The van der Waals surface area contributed by atoms with Crippen molar-refractivity contribution in [3.8, 4) is 0 Å². The van der Waals surface area contributed by atoms with Crippen molar-refractivity contribution in [1.82, 2.24) is 4.98 Å². The Bertz CT molecular complexity index is 1610. The molecule has 1 amide bonds. The molecule has 0 spiro atoms. The summed E-state index contributed by atoms with van der Waals surface area (Å²) in [4.78, 5) is 18.1. The van der Waals surface area contributed by atoms with E-state index in [9.17, 15) is 17.6 Å². The molecule has 0 bridgehead atoms. The van der Waals surface area contributed by atoms with Gasteiger partial charge in [0.2, 0.25) is 5.91 Å². The standard InChI is InChI=1S/C30H35FN2O5SSi/c1-30(2,3)40(5,6)37-19-21-9-16-26-27(18-21)38-29(32-26)33-28(34)25(17-20-7-12-23(31)13-8-20)22-10-14-24(15-11-22)39(4,35)36/h7-16,18,25H,17,19H2,1-6H3,(H,32,33,34). The third-order valence-corrected chi connectivity index (χ3v) is 13.1. The molecule has 0 aliphatic rings. The van der Waals surface area contributed by atoms with Gasteiger partial charge in [-0.3, -0.25) is 10.1 Å². The smallest absolute Gasteiger partial charge is 0.302 e. The lowest BCUT2D eigenvalue weighted by molar-refractivity contribution is -0.117. The summed E-state index contributed by atoms with van der Waals surface area (Å²) in [7, 11) is -5.31. The number of amides is 1. The molecular weight excluding hydrogens is 547 g/mol. The molecule has 1 unspecified atom stereocenters. The molecule has 0 aliphatic heterocycles. The number of anilines is 1. The maximum atomic E-state index is 13.5. The van der Waals surface area contributed by atoms with Crippen LogP contribution in [-0.2, 0) is 32.1 Å². The zero-order chi connectivity index (χ0) is 29.3. The van der Waals surface area contributed by atoms with E-state index in [4.69, 9.17) is 8.84 Å². The van der Waals surface area contributed by atoms with Crippen molar-refractivity contribution in [2.75, 3.05) is 11.6 Å². The van der Waals surface area contributed by atoms with Crippen LogP contribution in [0.15, 0.2) is 76.0 Å². The van der Waals surface area contributed by atoms with Crippen LogP contribution in [0.2, 0.25) is 18.1 Å². The summed E-state index contributed by atoms with van der Waals surface area (Å²) in [6.07, 6.45) is 1.39. The minimum atomic E-state index is -3.39. The summed E-state index contributed by atoms with van der Waals surface area (Å²) in [5.41, 5.74) is 3.43. The third-order valence-electron chi connectivity index (χ3n) is 7.47. The highest BCUT2D eigenvalue weighted by atomic mass is 32.2. The van der Waals surface area contributed by atoms with Crippen LogP contribution in [0.1, 0.15) is 43.4 Å². The molecule has 0 saturated carbocycles. The van der Waals surface area contributed by atoms with Crippen LogP contribution in [-0.4, -0.2) is 33.9 Å². The van der Waals surface area contributed by atoms with Gasteiger partial charge in [-0.1, -0.05) is 51.1 Å². The zero-order valence-electron chi connectivity index (χ0n) is 23.6. The van der Waals surface area contributed by atoms with Crippen LogP contribution < -0.4 is 5.32 Å². The molecule has 1 atom stereocenters. The molecule has 1 aromatic heterocycles. The van der Waals surface area contributed by atoms with E-state index in [2.05, 4.69) is 44.2 Å². The summed E-state index contributed by atoms with van der Waals surface area (Å²) in [6, 6.07) is 17.8. The molecule has 0 saturated heterocycles. The van der Waals surface area contributed by atoms with Gasteiger partial charge in [0.25, 0.3) is 0 Å². The van der Waals surface area contributed by atoms with E-state index in [0.717, 1.165) is 17.4 Å². The van der Waals surface area contributed by atoms with Crippen molar-refractivity contribution in [3.63, 3.8) is 0 Å². The van der Waals surface area contributed by atoms with E-state index < -0.39 is 24.1 Å². The Morgan fingerprint density at radius 1 is 1.02 bits per heavy atom. The number of sulfone groups is 1. The van der Waals surface area contributed by atoms with Gasteiger partial charge in [0.1, 0.15) is 11.3 Å². The molecule has 1 heterocycles. The zero-order valence-corrected chi connectivity index (χ0v) is 25.4. The fraction of sp³-hybridized carbons (Fsp3) is 0.333. The van der Waals surface area contributed by atoms with Gasteiger partial charge in [-0.25, -0.2) is 12.8 Å². The number of aromatic nitrogens is 1. The molecule has 10 heteroatoms. The molecular formula is C30H35FN2O5SSi. The maximum Gasteiger partial charge on any atom is 0.302 e. The number of hydrogen-bond donors (Lipinski definition) is 1. The van der Waals surface area contributed by atoms with E-state index >= 15 is 0 Å². The minimum absolute atomic E-state index is 0.0549. The van der Waals surface area contributed by atoms with Gasteiger partial charge >= 0.3 is 6.01 Å². The lowest BCUT2D eigenvalue weighted by Crippen LogP contribution is -2.40. The molecule has 0 aliphatic carbocycles. The second-order valence-electron chi connectivity index (χ2n) is 11.6. The predicted octanol–water partition coefficient (Wildman–Crippen LogP) is 6.86. The van der Waals surface area contributed by atoms with E-state index in [1.807, 2.05) is 18.2 Å². The molecule has 40 heavy (non-hydrogen) atoms. The third kappa shape index (κ3) is 7.04. The predicted molar refractivity (Wildman–Crippen MR) is 157 cm³/mol. The second kappa shape index (κ2) is 11.3. The number of hydrogen-bond acceptors (Lipinski definition) is 6. The Balaban J connectivity index is 1.56. The van der Waals surface area contributed by atoms with Gasteiger partial charge in [0.05, 0.1) is 17.4 Å². The Labute approximate surface area is 235 Å². The number of carbonyl (C=O) groups excluding carboxylic acids is 1. The first-order chi connectivity index (χ1) is 18.6. The lowest BCUT2D eigenvalue weighted by atomic mass is 9.91. The highest BCUT2D eigenvalue weighted by molar-refractivity contribution is 7.90. The Hall–Kier alpha value is -3.34. The van der Waals surface area contributed by atoms with Gasteiger partial charge in [-0.2, -0.15) is 4.98 Å². The van der Waals surface area contributed by atoms with Crippen molar-refractivity contribution in [3.05, 3.63) is 89.2 Å². The summed E-state index contributed by atoms with van der Waals surface area (Å²) in [6.45, 7) is 11.4. The number of nitrogens with zero attached hydrogens (tertiary/aromatic N) is 1. The minimum Gasteiger partial charge on any atom is -0.423 e. The second-order valence-corrected chi connectivity index (χ2v) is 18.4. The number of rotatable bonds is 9. The van der Waals surface area contributed by atoms with Crippen molar-refractivity contribution >= 4 is 41.2 Å². The van der Waals surface area contributed by atoms with Crippen molar-refractivity contribution in [1.29, 1.82) is 0 Å². The Morgan fingerprint density at radius 3 is 2.25 bits per heavy atom. The summed E-state index contributed by atoms with van der Waals surface area (Å²) in [5.74, 6) is -1.46. The number of oxazole rings is 1. The highest BCUT2D eigenvalue weighted by Gasteiger charge is 2.37. The summed E-state index contributed by atoms with van der Waals surface area (Å²) < 4.78 is 49.5. The SMILES string of the molecule is CC(C)(C)[Si](C)(C)OCc1ccc2nc(NC(=O)C(Cc3ccc(F)cc3)c3ccc(S(C)(=O)=O)cc3)oc2c1. The molecule has 0 fully saturated rings. The first kappa shape index (κ1) is 29.6. The van der Waals surface area contributed by atoms with Crippen LogP contribution in [0.3, 0.4) is 0 Å². The quantitative estimate of drug-likeness (QED) is 0.217. The van der Waals surface area contributed by atoms with E-state index in [1.165, 1.54) is 24.3 Å². The molecule has 4 rings (SSSR count). The number of fused-ring (bicyclic) bond motifs is 1. The monoisotopic (exact) mass is 582 g/mol. The highest BCUT2D eigenvalue weighted by Crippen LogP contribution is 2.37. The van der Waals surface area contributed by atoms with Gasteiger partial charge in [0, 0.05) is 6.26 Å². The number of nitrogens with one attached hydrogen (secondary N) is 1. The van der Waals surface area contributed by atoms with Crippen LogP contribution in [0, 0.1) is 5.82 Å². The van der Waals surface area contributed by atoms with Crippen LogP contribution in [0.4, 0.5) is 10.4 Å². The van der Waals surface area contributed by atoms with Gasteiger partial charge in [-0.05, 0) is 77.6 Å². The average molecular weight is 583 g/mol.